The Kier molecular flexibility index (Phi) is 5.22. The van der Waals surface area contributed by atoms with Gasteiger partial charge in [0, 0.05) is 25.7 Å². The van der Waals surface area contributed by atoms with Crippen LogP contribution in [-0.4, -0.2) is 60.6 Å². The first-order valence-corrected chi connectivity index (χ1v) is 6.24. The molecule has 0 aromatic heterocycles. The summed E-state index contributed by atoms with van der Waals surface area (Å²) in [6.45, 7) is 12.7. The fourth-order valence-corrected chi connectivity index (χ4v) is 2.26. The predicted molar refractivity (Wildman–Crippen MR) is 64.4 cm³/mol. The number of carbonyl (C=O) groups excluding carboxylic acids is 1. The quantitative estimate of drug-likeness (QED) is 0.671. The highest BCUT2D eigenvalue weighted by Crippen LogP contribution is 2.12. The van der Waals surface area contributed by atoms with E-state index in [2.05, 4.69) is 23.6 Å². The van der Waals surface area contributed by atoms with E-state index in [0.29, 0.717) is 12.6 Å². The highest BCUT2D eigenvalue weighted by molar-refractivity contribution is 5.75. The smallest absolute Gasteiger partial charge is 0.323 e. The molecule has 0 amide bonds. The Hall–Kier alpha value is -0.610. The molecule has 0 bridgehead atoms. The highest BCUT2D eigenvalue weighted by Gasteiger charge is 2.29. The number of ether oxygens (including phenoxy) is 1. The topological polar surface area (TPSA) is 32.8 Å². The van der Waals surface area contributed by atoms with E-state index in [1.165, 1.54) is 0 Å². The first kappa shape index (κ1) is 13.5. The van der Waals surface area contributed by atoms with Gasteiger partial charge in [-0.25, -0.2) is 0 Å². The Balaban J connectivity index is 2.47. The maximum atomic E-state index is 11.6. The zero-order valence-electron chi connectivity index (χ0n) is 10.9. The Morgan fingerprint density at radius 2 is 2.12 bits per heavy atom. The number of piperazine rings is 1. The van der Waals surface area contributed by atoms with Crippen LogP contribution in [0.15, 0.2) is 0 Å². The standard InChI is InChI=1S/C12H24N2O2/c1-5-13-7-8-14(9-10(13)3)11(4)12(15)16-6-2/h10-11H,5-9H2,1-4H3. The zero-order chi connectivity index (χ0) is 12.1. The number of hydrogen-bond donors (Lipinski definition) is 0. The van der Waals surface area contributed by atoms with Gasteiger partial charge in [0.2, 0.25) is 0 Å². The van der Waals surface area contributed by atoms with Crippen molar-refractivity contribution >= 4 is 5.97 Å². The molecule has 1 aliphatic rings. The summed E-state index contributed by atoms with van der Waals surface area (Å²) >= 11 is 0. The molecule has 1 heterocycles. The zero-order valence-corrected chi connectivity index (χ0v) is 10.9. The third kappa shape index (κ3) is 3.19. The van der Waals surface area contributed by atoms with Crippen LogP contribution in [0.25, 0.3) is 0 Å². The Bertz CT molecular complexity index is 233. The van der Waals surface area contributed by atoms with Crippen LogP contribution in [0.3, 0.4) is 0 Å². The first-order valence-electron chi connectivity index (χ1n) is 6.24. The van der Waals surface area contributed by atoms with Gasteiger partial charge in [-0.15, -0.1) is 0 Å². The molecular formula is C12H24N2O2. The van der Waals surface area contributed by atoms with Gasteiger partial charge in [-0.3, -0.25) is 14.6 Å². The van der Waals surface area contributed by atoms with E-state index in [1.807, 2.05) is 13.8 Å². The summed E-state index contributed by atoms with van der Waals surface area (Å²) in [5, 5.41) is 0. The summed E-state index contributed by atoms with van der Waals surface area (Å²) in [5.74, 6) is -0.0975. The van der Waals surface area contributed by atoms with Crippen molar-refractivity contribution in [3.63, 3.8) is 0 Å². The summed E-state index contributed by atoms with van der Waals surface area (Å²) in [5.41, 5.74) is 0. The molecule has 1 fully saturated rings. The van der Waals surface area contributed by atoms with Gasteiger partial charge in [-0.2, -0.15) is 0 Å². The maximum Gasteiger partial charge on any atom is 0.323 e. The summed E-state index contributed by atoms with van der Waals surface area (Å²) in [4.78, 5) is 16.3. The molecule has 2 unspecified atom stereocenters. The van der Waals surface area contributed by atoms with Gasteiger partial charge in [0.05, 0.1) is 6.61 Å². The van der Waals surface area contributed by atoms with E-state index >= 15 is 0 Å². The monoisotopic (exact) mass is 228 g/mol. The Morgan fingerprint density at radius 3 is 2.62 bits per heavy atom. The molecular weight excluding hydrogens is 204 g/mol. The van der Waals surface area contributed by atoms with Crippen molar-refractivity contribution in [3.05, 3.63) is 0 Å². The van der Waals surface area contributed by atoms with Crippen molar-refractivity contribution in [2.75, 3.05) is 32.8 Å². The lowest BCUT2D eigenvalue weighted by molar-refractivity contribution is -0.150. The van der Waals surface area contributed by atoms with Gasteiger partial charge in [0.1, 0.15) is 6.04 Å². The van der Waals surface area contributed by atoms with Crippen LogP contribution in [0.2, 0.25) is 0 Å². The molecule has 16 heavy (non-hydrogen) atoms. The minimum atomic E-state index is -0.110. The van der Waals surface area contributed by atoms with Gasteiger partial charge < -0.3 is 4.74 Å². The van der Waals surface area contributed by atoms with Crippen molar-refractivity contribution in [2.45, 2.75) is 39.8 Å². The van der Waals surface area contributed by atoms with Crippen LogP contribution in [-0.2, 0) is 9.53 Å². The highest BCUT2D eigenvalue weighted by atomic mass is 16.5. The van der Waals surface area contributed by atoms with Gasteiger partial charge in [-0.1, -0.05) is 6.92 Å². The number of nitrogens with zero attached hydrogens (tertiary/aromatic N) is 2. The fourth-order valence-electron chi connectivity index (χ4n) is 2.26. The third-order valence-electron chi connectivity index (χ3n) is 3.38. The van der Waals surface area contributed by atoms with E-state index in [-0.39, 0.29) is 12.0 Å². The van der Waals surface area contributed by atoms with Crippen molar-refractivity contribution in [1.82, 2.24) is 9.80 Å². The molecule has 94 valence electrons. The molecule has 0 saturated carbocycles. The van der Waals surface area contributed by atoms with Crippen LogP contribution in [0.4, 0.5) is 0 Å². The van der Waals surface area contributed by atoms with Crippen molar-refractivity contribution < 1.29 is 9.53 Å². The second kappa shape index (κ2) is 6.21. The second-order valence-corrected chi connectivity index (χ2v) is 4.40. The molecule has 0 radical (unpaired) electrons. The summed E-state index contributed by atoms with van der Waals surface area (Å²) in [6, 6.07) is 0.414. The molecule has 0 N–H and O–H groups in total. The van der Waals surface area contributed by atoms with Gasteiger partial charge >= 0.3 is 5.97 Å². The second-order valence-electron chi connectivity index (χ2n) is 4.40. The average Bonchev–Trinajstić information content (AvgIpc) is 2.28. The van der Waals surface area contributed by atoms with Crippen LogP contribution in [0.5, 0.6) is 0 Å². The number of esters is 1. The summed E-state index contributed by atoms with van der Waals surface area (Å²) in [7, 11) is 0. The van der Waals surface area contributed by atoms with Crippen LogP contribution in [0, 0.1) is 0 Å². The van der Waals surface area contributed by atoms with Gasteiger partial charge in [0.15, 0.2) is 0 Å². The lowest BCUT2D eigenvalue weighted by Gasteiger charge is -2.41. The molecule has 1 saturated heterocycles. The lowest BCUT2D eigenvalue weighted by Crippen LogP contribution is -2.55. The molecule has 1 rings (SSSR count). The molecule has 0 aromatic carbocycles. The van der Waals surface area contributed by atoms with E-state index in [4.69, 9.17) is 4.74 Å². The largest absolute Gasteiger partial charge is 0.465 e. The van der Waals surface area contributed by atoms with E-state index in [1.54, 1.807) is 0 Å². The third-order valence-corrected chi connectivity index (χ3v) is 3.38. The molecule has 4 nitrogen and oxygen atoms in total. The molecule has 4 heteroatoms. The molecule has 0 spiro atoms. The number of likely N-dealkylation sites (N-methyl/N-ethyl adjacent to an activating group) is 1. The SMILES string of the molecule is CCOC(=O)C(C)N1CCN(CC)C(C)C1. The Morgan fingerprint density at radius 1 is 1.44 bits per heavy atom. The van der Waals surface area contributed by atoms with Crippen LogP contribution < -0.4 is 0 Å². The molecule has 0 aliphatic carbocycles. The van der Waals surface area contributed by atoms with Gasteiger partial charge in [0.25, 0.3) is 0 Å². The maximum absolute atomic E-state index is 11.6. The number of rotatable bonds is 4. The fraction of sp³-hybridized carbons (Fsp3) is 0.917. The minimum Gasteiger partial charge on any atom is -0.465 e. The predicted octanol–water partition coefficient (Wildman–Crippen LogP) is 0.964. The van der Waals surface area contributed by atoms with Crippen molar-refractivity contribution in [1.29, 1.82) is 0 Å². The average molecular weight is 228 g/mol. The lowest BCUT2D eigenvalue weighted by atomic mass is 10.1. The van der Waals surface area contributed by atoms with Crippen molar-refractivity contribution in [3.8, 4) is 0 Å². The van der Waals surface area contributed by atoms with Crippen molar-refractivity contribution in [2.24, 2.45) is 0 Å². The van der Waals surface area contributed by atoms with Crippen LogP contribution >= 0.6 is 0 Å². The molecule has 1 aliphatic heterocycles. The van der Waals surface area contributed by atoms with Crippen LogP contribution in [0.1, 0.15) is 27.7 Å². The summed E-state index contributed by atoms with van der Waals surface area (Å²) in [6.07, 6.45) is 0. The minimum absolute atomic E-state index is 0.0975. The molecule has 0 aromatic rings. The Labute approximate surface area is 98.5 Å². The number of carbonyl (C=O) groups is 1. The van der Waals surface area contributed by atoms with Gasteiger partial charge in [-0.05, 0) is 27.3 Å². The van der Waals surface area contributed by atoms with E-state index < -0.39 is 0 Å². The van der Waals surface area contributed by atoms with E-state index in [9.17, 15) is 4.79 Å². The first-order chi connectivity index (χ1) is 7.60. The van der Waals surface area contributed by atoms with E-state index in [0.717, 1.165) is 26.2 Å². The number of hydrogen-bond acceptors (Lipinski definition) is 4. The summed E-state index contributed by atoms with van der Waals surface area (Å²) < 4.78 is 5.05. The molecule has 2 atom stereocenters. The normalized spacial score (nSPS) is 25.4.